The van der Waals surface area contributed by atoms with E-state index in [0.717, 1.165) is 43.9 Å². The molecule has 1 heterocycles. The van der Waals surface area contributed by atoms with Gasteiger partial charge in [0.05, 0.1) is 0 Å². The average Bonchev–Trinajstić information content (AvgIpc) is 3.29. The van der Waals surface area contributed by atoms with Gasteiger partial charge < -0.3 is 15.0 Å². The molecule has 0 unspecified atom stereocenters. The lowest BCUT2D eigenvalue weighted by molar-refractivity contribution is 0.0855. The Labute approximate surface area is 120 Å². The zero-order valence-electron chi connectivity index (χ0n) is 12.1. The van der Waals surface area contributed by atoms with E-state index in [1.54, 1.807) is 12.1 Å². The molecule has 0 aromatic heterocycles. The van der Waals surface area contributed by atoms with E-state index in [1.165, 1.54) is 12.8 Å². The summed E-state index contributed by atoms with van der Waals surface area (Å²) in [6.07, 6.45) is 4.54. The lowest BCUT2D eigenvalue weighted by Crippen LogP contribution is -2.36. The summed E-state index contributed by atoms with van der Waals surface area (Å²) >= 11 is 0. The van der Waals surface area contributed by atoms with Gasteiger partial charge in [-0.05, 0) is 49.4 Å². The Bertz CT molecular complexity index is 456. The van der Waals surface area contributed by atoms with Crippen molar-refractivity contribution in [1.82, 2.24) is 5.32 Å². The van der Waals surface area contributed by atoms with Gasteiger partial charge >= 0.3 is 0 Å². The van der Waals surface area contributed by atoms with Crippen molar-refractivity contribution in [3.8, 4) is 0 Å². The Kier molecular flexibility index (Phi) is 4.22. The summed E-state index contributed by atoms with van der Waals surface area (Å²) < 4.78 is 19.2. The molecule has 110 valence electrons. The van der Waals surface area contributed by atoms with Gasteiger partial charge in [-0.3, -0.25) is 0 Å². The number of ether oxygens (including phenoxy) is 1. The van der Waals surface area contributed by atoms with E-state index < -0.39 is 0 Å². The predicted octanol–water partition coefficient (Wildman–Crippen LogP) is 2.69. The Hall–Kier alpha value is -1.13. The van der Waals surface area contributed by atoms with E-state index >= 15 is 0 Å². The molecule has 1 saturated heterocycles. The fourth-order valence-electron chi connectivity index (χ4n) is 2.77. The van der Waals surface area contributed by atoms with Crippen molar-refractivity contribution in [2.24, 2.45) is 0 Å². The maximum absolute atomic E-state index is 13.8. The van der Waals surface area contributed by atoms with Crippen LogP contribution in [0.15, 0.2) is 18.2 Å². The minimum Gasteiger partial charge on any atom is -0.381 e. The highest BCUT2D eigenvalue weighted by atomic mass is 19.1. The lowest BCUT2D eigenvalue weighted by Gasteiger charge is -2.33. The highest BCUT2D eigenvalue weighted by molar-refractivity contribution is 5.49. The molecule has 1 saturated carbocycles. The second-order valence-electron chi connectivity index (χ2n) is 5.93. The van der Waals surface area contributed by atoms with Crippen LogP contribution in [0.4, 0.5) is 10.1 Å². The van der Waals surface area contributed by atoms with Crippen molar-refractivity contribution in [3.05, 3.63) is 29.6 Å². The normalized spacial score (nSPS) is 20.1. The molecular weight excluding hydrogens is 255 g/mol. The van der Waals surface area contributed by atoms with Crippen molar-refractivity contribution < 1.29 is 9.13 Å². The molecule has 1 aliphatic carbocycles. The van der Waals surface area contributed by atoms with Crippen LogP contribution in [-0.2, 0) is 11.3 Å². The minimum absolute atomic E-state index is 0.144. The molecule has 20 heavy (non-hydrogen) atoms. The molecule has 2 fully saturated rings. The number of rotatable bonds is 5. The minimum atomic E-state index is -0.144. The number of hydrogen-bond donors (Lipinski definition) is 1. The summed E-state index contributed by atoms with van der Waals surface area (Å²) in [7, 11) is 2.06. The summed E-state index contributed by atoms with van der Waals surface area (Å²) in [6.45, 7) is 2.37. The first-order chi connectivity index (χ1) is 9.72. The van der Waals surface area contributed by atoms with Gasteiger partial charge in [0.25, 0.3) is 0 Å². The summed E-state index contributed by atoms with van der Waals surface area (Å²) in [5, 5.41) is 3.44. The first-order valence-electron chi connectivity index (χ1n) is 7.56. The molecule has 2 aliphatic rings. The second-order valence-corrected chi connectivity index (χ2v) is 5.93. The molecule has 1 aromatic rings. The average molecular weight is 278 g/mol. The molecule has 1 aliphatic heterocycles. The van der Waals surface area contributed by atoms with Crippen LogP contribution in [0.5, 0.6) is 0 Å². The highest BCUT2D eigenvalue weighted by Crippen LogP contribution is 2.24. The first-order valence-corrected chi connectivity index (χ1v) is 7.56. The standard InChI is InChI=1S/C16H23FN2O/c1-19(15-4-6-20-7-5-15)16-9-12(8-13(17)10-16)11-18-14-2-3-14/h8-10,14-15,18H,2-7,11H2,1H3. The van der Waals surface area contributed by atoms with Crippen molar-refractivity contribution in [2.75, 3.05) is 25.2 Å². The monoisotopic (exact) mass is 278 g/mol. The Morgan fingerprint density at radius 3 is 2.65 bits per heavy atom. The molecule has 4 heteroatoms. The Morgan fingerprint density at radius 1 is 1.20 bits per heavy atom. The van der Waals surface area contributed by atoms with E-state index in [1.807, 2.05) is 0 Å². The van der Waals surface area contributed by atoms with Crippen LogP contribution in [0.3, 0.4) is 0 Å². The number of nitrogens with one attached hydrogen (secondary N) is 1. The van der Waals surface area contributed by atoms with Gasteiger partial charge in [0.15, 0.2) is 0 Å². The molecule has 1 N–H and O–H groups in total. The number of benzene rings is 1. The van der Waals surface area contributed by atoms with Crippen LogP contribution in [0, 0.1) is 5.82 Å². The van der Waals surface area contributed by atoms with Crippen LogP contribution in [0.25, 0.3) is 0 Å². The summed E-state index contributed by atoms with van der Waals surface area (Å²) in [6, 6.07) is 6.48. The molecule has 3 nitrogen and oxygen atoms in total. The summed E-state index contributed by atoms with van der Waals surface area (Å²) in [5.74, 6) is -0.144. The van der Waals surface area contributed by atoms with Gasteiger partial charge in [0, 0.05) is 44.6 Å². The molecule has 3 rings (SSSR count). The Morgan fingerprint density at radius 2 is 1.95 bits per heavy atom. The van der Waals surface area contributed by atoms with Gasteiger partial charge in [-0.25, -0.2) is 4.39 Å². The smallest absolute Gasteiger partial charge is 0.125 e. The molecule has 0 bridgehead atoms. The van der Waals surface area contributed by atoms with Crippen molar-refractivity contribution >= 4 is 5.69 Å². The van der Waals surface area contributed by atoms with E-state index in [2.05, 4.69) is 23.3 Å². The van der Waals surface area contributed by atoms with E-state index in [-0.39, 0.29) is 5.82 Å². The number of halogens is 1. The maximum atomic E-state index is 13.8. The van der Waals surface area contributed by atoms with Crippen molar-refractivity contribution in [1.29, 1.82) is 0 Å². The van der Waals surface area contributed by atoms with Gasteiger partial charge in [-0.1, -0.05) is 0 Å². The third kappa shape index (κ3) is 3.49. The fourth-order valence-corrected chi connectivity index (χ4v) is 2.77. The molecule has 0 spiro atoms. The lowest BCUT2D eigenvalue weighted by atomic mass is 10.1. The molecule has 1 aromatic carbocycles. The topological polar surface area (TPSA) is 24.5 Å². The predicted molar refractivity (Wildman–Crippen MR) is 78.5 cm³/mol. The molecular formula is C16H23FN2O. The first kappa shape index (κ1) is 13.8. The van der Waals surface area contributed by atoms with E-state index in [0.29, 0.717) is 12.1 Å². The molecule has 0 amide bonds. The van der Waals surface area contributed by atoms with E-state index in [4.69, 9.17) is 4.74 Å². The van der Waals surface area contributed by atoms with Crippen molar-refractivity contribution in [3.63, 3.8) is 0 Å². The van der Waals surface area contributed by atoms with Crippen LogP contribution < -0.4 is 10.2 Å². The van der Waals surface area contributed by atoms with Gasteiger partial charge in [-0.15, -0.1) is 0 Å². The SMILES string of the molecule is CN(c1cc(F)cc(CNC2CC2)c1)C1CCOCC1. The largest absolute Gasteiger partial charge is 0.381 e. The number of anilines is 1. The summed E-state index contributed by atoms with van der Waals surface area (Å²) in [5.41, 5.74) is 2.01. The fraction of sp³-hybridized carbons (Fsp3) is 0.625. The van der Waals surface area contributed by atoms with Crippen LogP contribution in [0.2, 0.25) is 0 Å². The highest BCUT2D eigenvalue weighted by Gasteiger charge is 2.21. The van der Waals surface area contributed by atoms with Crippen LogP contribution in [0.1, 0.15) is 31.2 Å². The van der Waals surface area contributed by atoms with Gasteiger partial charge in [-0.2, -0.15) is 0 Å². The summed E-state index contributed by atoms with van der Waals surface area (Å²) in [4.78, 5) is 2.20. The van der Waals surface area contributed by atoms with Gasteiger partial charge in [0.2, 0.25) is 0 Å². The number of hydrogen-bond acceptors (Lipinski definition) is 3. The number of nitrogens with zero attached hydrogens (tertiary/aromatic N) is 1. The quantitative estimate of drug-likeness (QED) is 0.896. The van der Waals surface area contributed by atoms with Crippen LogP contribution in [-0.4, -0.2) is 32.3 Å². The van der Waals surface area contributed by atoms with E-state index in [9.17, 15) is 4.39 Å². The van der Waals surface area contributed by atoms with Crippen molar-refractivity contribution in [2.45, 2.75) is 44.3 Å². The maximum Gasteiger partial charge on any atom is 0.125 e. The third-order valence-electron chi connectivity index (χ3n) is 4.26. The molecule has 0 radical (unpaired) electrons. The zero-order valence-corrected chi connectivity index (χ0v) is 12.1. The van der Waals surface area contributed by atoms with Crippen LogP contribution >= 0.6 is 0 Å². The Balaban J connectivity index is 1.69. The third-order valence-corrected chi connectivity index (χ3v) is 4.26. The zero-order chi connectivity index (χ0) is 13.9. The second kappa shape index (κ2) is 6.10. The van der Waals surface area contributed by atoms with Gasteiger partial charge in [0.1, 0.15) is 5.82 Å². The molecule has 0 atom stereocenters.